The van der Waals surface area contributed by atoms with Crippen molar-refractivity contribution >= 4 is 22.7 Å². The molecule has 0 fully saturated rings. The summed E-state index contributed by atoms with van der Waals surface area (Å²) >= 11 is 5.56. The Labute approximate surface area is 85.7 Å². The highest BCUT2D eigenvalue weighted by atomic mass is 35.5. The summed E-state index contributed by atoms with van der Waals surface area (Å²) in [5.74, 6) is -0.464. The van der Waals surface area contributed by atoms with Crippen LogP contribution in [0.4, 0.5) is 0 Å². The molecule has 4 nitrogen and oxygen atoms in total. The van der Waals surface area contributed by atoms with Gasteiger partial charge in [-0.25, -0.2) is 4.79 Å². The van der Waals surface area contributed by atoms with Crippen LogP contribution < -0.4 is 0 Å². The molecule has 0 aliphatic rings. The fourth-order valence-electron chi connectivity index (χ4n) is 0.950. The summed E-state index contributed by atoms with van der Waals surface area (Å²) in [5, 5.41) is 11.2. The molecule has 1 rings (SSSR count). The van der Waals surface area contributed by atoms with E-state index in [1.807, 2.05) is 0 Å². The summed E-state index contributed by atoms with van der Waals surface area (Å²) in [7, 11) is 1.29. The molecular weight excluding hydrogens is 206 g/mol. The Hall–Kier alpha value is -1.55. The summed E-state index contributed by atoms with van der Waals surface area (Å²) in [5.41, 5.74) is 0.809. The zero-order chi connectivity index (χ0) is 10.6. The summed E-state index contributed by atoms with van der Waals surface area (Å²) in [6.45, 7) is 0. The molecule has 0 radical (unpaired) electrons. The molecule has 5 heteroatoms. The Morgan fingerprint density at radius 1 is 1.50 bits per heavy atom. The third-order valence-corrected chi connectivity index (χ3v) is 1.90. The maximum Gasteiger partial charge on any atom is 0.337 e. The highest BCUT2D eigenvalue weighted by molar-refractivity contribution is 6.69. The second kappa shape index (κ2) is 4.62. The molecule has 1 aromatic rings. The van der Waals surface area contributed by atoms with E-state index in [2.05, 4.69) is 9.89 Å². The maximum atomic E-state index is 11.1. The lowest BCUT2D eigenvalue weighted by Crippen LogP contribution is -2.02. The van der Waals surface area contributed by atoms with E-state index >= 15 is 0 Å². The minimum atomic E-state index is -0.464. The molecule has 0 spiro atoms. The van der Waals surface area contributed by atoms with Crippen LogP contribution in [0.2, 0.25) is 0 Å². The number of nitrogens with zero attached hydrogens (tertiary/aromatic N) is 1. The van der Waals surface area contributed by atoms with Gasteiger partial charge in [0.25, 0.3) is 0 Å². The molecule has 1 aromatic carbocycles. The lowest BCUT2D eigenvalue weighted by molar-refractivity contribution is 0.0600. The fraction of sp³-hybridized carbons (Fsp3) is 0.111. The Kier molecular flexibility index (Phi) is 3.48. The molecule has 0 saturated carbocycles. The van der Waals surface area contributed by atoms with Crippen LogP contribution in [0.5, 0.6) is 0 Å². The van der Waals surface area contributed by atoms with Crippen LogP contribution in [0.1, 0.15) is 15.9 Å². The van der Waals surface area contributed by atoms with Crippen molar-refractivity contribution in [3.63, 3.8) is 0 Å². The normalized spacial score (nSPS) is 11.1. The lowest BCUT2D eigenvalue weighted by Gasteiger charge is -2.00. The standard InChI is InChI=1S/C9H8ClNO3/c1-14-9(12)7-4-2-3-6(5-7)8(10)11-13/h2-5,13H,1H3/b11-8-. The van der Waals surface area contributed by atoms with Gasteiger partial charge in [-0.2, -0.15) is 0 Å². The zero-order valence-corrected chi connectivity index (χ0v) is 8.15. The molecule has 0 amide bonds. The van der Waals surface area contributed by atoms with Gasteiger partial charge in [-0.15, -0.1) is 0 Å². The third-order valence-electron chi connectivity index (χ3n) is 1.61. The van der Waals surface area contributed by atoms with E-state index in [0.717, 1.165) is 0 Å². The fourth-order valence-corrected chi connectivity index (χ4v) is 1.07. The zero-order valence-electron chi connectivity index (χ0n) is 7.40. The molecule has 0 aliphatic heterocycles. The number of hydrogen-bond donors (Lipinski definition) is 1. The van der Waals surface area contributed by atoms with Crippen LogP contribution in [-0.4, -0.2) is 23.5 Å². The molecule has 0 heterocycles. The smallest absolute Gasteiger partial charge is 0.337 e. The third kappa shape index (κ3) is 2.23. The second-order valence-corrected chi connectivity index (χ2v) is 2.82. The first-order chi connectivity index (χ1) is 6.69. The monoisotopic (exact) mass is 213 g/mol. The van der Waals surface area contributed by atoms with Crippen molar-refractivity contribution in [1.29, 1.82) is 0 Å². The molecule has 0 unspecified atom stereocenters. The van der Waals surface area contributed by atoms with Gasteiger partial charge in [0.05, 0.1) is 12.7 Å². The van der Waals surface area contributed by atoms with Crippen LogP contribution >= 0.6 is 11.6 Å². The van der Waals surface area contributed by atoms with E-state index in [-0.39, 0.29) is 5.17 Å². The highest BCUT2D eigenvalue weighted by Crippen LogP contribution is 2.09. The lowest BCUT2D eigenvalue weighted by atomic mass is 10.1. The van der Waals surface area contributed by atoms with Crippen molar-refractivity contribution < 1.29 is 14.7 Å². The van der Waals surface area contributed by atoms with E-state index in [1.165, 1.54) is 13.2 Å². The number of oxime groups is 1. The minimum Gasteiger partial charge on any atom is -0.465 e. The van der Waals surface area contributed by atoms with Crippen LogP contribution in [0.15, 0.2) is 29.4 Å². The van der Waals surface area contributed by atoms with E-state index in [9.17, 15) is 4.79 Å². The summed E-state index contributed by atoms with van der Waals surface area (Å²) in [4.78, 5) is 11.1. The number of ether oxygens (including phenoxy) is 1. The van der Waals surface area contributed by atoms with Crippen molar-refractivity contribution in [1.82, 2.24) is 0 Å². The maximum absolute atomic E-state index is 11.1. The number of rotatable bonds is 2. The average molecular weight is 214 g/mol. The number of halogens is 1. The van der Waals surface area contributed by atoms with Gasteiger partial charge in [-0.05, 0) is 12.1 Å². The Morgan fingerprint density at radius 2 is 2.14 bits per heavy atom. The number of esters is 1. The van der Waals surface area contributed by atoms with Crippen molar-refractivity contribution in [2.24, 2.45) is 5.16 Å². The molecule has 0 saturated heterocycles. The first kappa shape index (κ1) is 10.5. The van der Waals surface area contributed by atoms with E-state index in [1.54, 1.807) is 18.2 Å². The predicted molar refractivity (Wildman–Crippen MR) is 52.0 cm³/mol. The van der Waals surface area contributed by atoms with E-state index in [4.69, 9.17) is 16.8 Å². The molecular formula is C9H8ClNO3. The Bertz CT molecular complexity index is 376. The molecule has 0 bridgehead atoms. The van der Waals surface area contributed by atoms with Crippen LogP contribution in [0.3, 0.4) is 0 Å². The van der Waals surface area contributed by atoms with Crippen LogP contribution in [0.25, 0.3) is 0 Å². The van der Waals surface area contributed by atoms with Gasteiger partial charge in [0.15, 0.2) is 5.17 Å². The number of hydrogen-bond acceptors (Lipinski definition) is 4. The second-order valence-electron chi connectivity index (χ2n) is 2.46. The summed E-state index contributed by atoms with van der Waals surface area (Å²) in [6.07, 6.45) is 0. The van der Waals surface area contributed by atoms with Crippen molar-refractivity contribution in [2.45, 2.75) is 0 Å². The molecule has 1 N–H and O–H groups in total. The molecule has 0 atom stereocenters. The summed E-state index contributed by atoms with van der Waals surface area (Å²) < 4.78 is 4.52. The van der Waals surface area contributed by atoms with Gasteiger partial charge in [0, 0.05) is 5.56 Å². The average Bonchev–Trinajstić information content (AvgIpc) is 2.27. The van der Waals surface area contributed by atoms with E-state index < -0.39 is 5.97 Å². The molecule has 0 aliphatic carbocycles. The largest absolute Gasteiger partial charge is 0.465 e. The Morgan fingerprint density at radius 3 is 2.71 bits per heavy atom. The van der Waals surface area contributed by atoms with Gasteiger partial charge < -0.3 is 9.94 Å². The first-order valence-electron chi connectivity index (χ1n) is 3.75. The SMILES string of the molecule is COC(=O)c1cccc(/C(Cl)=N/O)c1. The van der Waals surface area contributed by atoms with Crippen LogP contribution in [-0.2, 0) is 4.74 Å². The van der Waals surface area contributed by atoms with Crippen molar-refractivity contribution in [3.05, 3.63) is 35.4 Å². The topological polar surface area (TPSA) is 58.9 Å². The summed E-state index contributed by atoms with van der Waals surface area (Å²) in [6, 6.07) is 6.30. The number of benzene rings is 1. The molecule has 0 aromatic heterocycles. The first-order valence-corrected chi connectivity index (χ1v) is 4.13. The van der Waals surface area contributed by atoms with Crippen molar-refractivity contribution in [3.8, 4) is 0 Å². The van der Waals surface area contributed by atoms with Crippen molar-refractivity contribution in [2.75, 3.05) is 7.11 Å². The van der Waals surface area contributed by atoms with Gasteiger partial charge in [-0.3, -0.25) is 0 Å². The molecule has 74 valence electrons. The quantitative estimate of drug-likeness (QED) is 0.353. The number of carbonyl (C=O) groups excluding carboxylic acids is 1. The van der Waals surface area contributed by atoms with Gasteiger partial charge in [-0.1, -0.05) is 28.9 Å². The van der Waals surface area contributed by atoms with Crippen LogP contribution in [0, 0.1) is 0 Å². The van der Waals surface area contributed by atoms with Gasteiger partial charge in [0.2, 0.25) is 0 Å². The molecule has 14 heavy (non-hydrogen) atoms. The number of methoxy groups -OCH3 is 1. The van der Waals surface area contributed by atoms with Gasteiger partial charge in [0.1, 0.15) is 0 Å². The highest BCUT2D eigenvalue weighted by Gasteiger charge is 2.07. The van der Waals surface area contributed by atoms with E-state index in [0.29, 0.717) is 11.1 Å². The number of carbonyl (C=O) groups is 1. The Balaban J connectivity index is 3.07. The predicted octanol–water partition coefficient (Wildman–Crippen LogP) is 1.85. The van der Waals surface area contributed by atoms with Gasteiger partial charge >= 0.3 is 5.97 Å². The minimum absolute atomic E-state index is 0.0734.